The van der Waals surface area contributed by atoms with Gasteiger partial charge in [0.25, 0.3) is 0 Å². The van der Waals surface area contributed by atoms with Crippen LogP contribution >= 0.6 is 0 Å². The summed E-state index contributed by atoms with van der Waals surface area (Å²) >= 11 is 0. The van der Waals surface area contributed by atoms with Crippen LogP contribution < -0.4 is 5.32 Å². The Bertz CT molecular complexity index is 499. The van der Waals surface area contributed by atoms with E-state index in [-0.39, 0.29) is 18.2 Å². The maximum absolute atomic E-state index is 12.4. The monoisotopic (exact) mass is 319 g/mol. The number of likely N-dealkylation sites (tertiary alicyclic amines) is 1. The molecule has 1 fully saturated rings. The number of piperidine rings is 1. The molecule has 1 aromatic rings. The van der Waals surface area contributed by atoms with Gasteiger partial charge in [-0.15, -0.1) is 0 Å². The lowest BCUT2D eigenvalue weighted by Crippen LogP contribution is -2.50. The summed E-state index contributed by atoms with van der Waals surface area (Å²) in [6.45, 7) is 9.43. The molecule has 0 bridgehead atoms. The summed E-state index contributed by atoms with van der Waals surface area (Å²) in [5.41, 5.74) is 0.760. The van der Waals surface area contributed by atoms with Crippen LogP contribution in [0.2, 0.25) is 0 Å². The molecule has 0 spiro atoms. The molecule has 2 atom stereocenters. The van der Waals surface area contributed by atoms with Gasteiger partial charge in [-0.1, -0.05) is 0 Å². The number of hydrogen-bond donors (Lipinski definition) is 1. The highest BCUT2D eigenvalue weighted by Gasteiger charge is 2.30. The molecule has 0 radical (unpaired) electrons. The van der Waals surface area contributed by atoms with Crippen LogP contribution in [0, 0.1) is 0 Å². The molecular formula is C18H29N3O2. The van der Waals surface area contributed by atoms with Gasteiger partial charge in [0.05, 0.1) is 0 Å². The number of aromatic nitrogens is 1. The van der Waals surface area contributed by atoms with E-state index in [0.717, 1.165) is 32.4 Å². The number of amides is 1. The number of pyridine rings is 1. The topological polar surface area (TPSA) is 54.5 Å². The summed E-state index contributed by atoms with van der Waals surface area (Å²) < 4.78 is 5.55. The first-order chi connectivity index (χ1) is 10.9. The van der Waals surface area contributed by atoms with Crippen molar-refractivity contribution in [2.45, 2.75) is 64.6 Å². The van der Waals surface area contributed by atoms with E-state index in [2.05, 4.69) is 17.2 Å². The van der Waals surface area contributed by atoms with E-state index >= 15 is 0 Å². The van der Waals surface area contributed by atoms with E-state index in [1.807, 2.05) is 37.8 Å². The molecule has 0 aliphatic carbocycles. The highest BCUT2D eigenvalue weighted by atomic mass is 16.6. The summed E-state index contributed by atoms with van der Waals surface area (Å²) in [5.74, 6) is 0. The number of nitrogens with one attached hydrogen (secondary N) is 1. The molecule has 1 N–H and O–H groups in total. The lowest BCUT2D eigenvalue weighted by Gasteiger charge is -2.37. The summed E-state index contributed by atoms with van der Waals surface area (Å²) in [6, 6.07) is 4.47. The highest BCUT2D eigenvalue weighted by Crippen LogP contribution is 2.21. The van der Waals surface area contributed by atoms with Crippen LogP contribution in [-0.2, 0) is 4.74 Å². The predicted octanol–water partition coefficient (Wildman–Crippen LogP) is 3.52. The molecule has 23 heavy (non-hydrogen) atoms. The highest BCUT2D eigenvalue weighted by molar-refractivity contribution is 5.68. The molecular weight excluding hydrogens is 290 g/mol. The fourth-order valence-corrected chi connectivity index (χ4v) is 2.86. The predicted molar refractivity (Wildman–Crippen MR) is 91.2 cm³/mol. The average Bonchev–Trinajstić information content (AvgIpc) is 2.52. The number of carbonyl (C=O) groups is 1. The number of rotatable bonds is 4. The van der Waals surface area contributed by atoms with Crippen molar-refractivity contribution in [1.29, 1.82) is 0 Å². The summed E-state index contributed by atoms with van der Waals surface area (Å²) in [7, 11) is 0. The molecule has 1 aliphatic rings. The Labute approximate surface area is 139 Å². The first kappa shape index (κ1) is 17.7. The van der Waals surface area contributed by atoms with E-state index in [0.29, 0.717) is 0 Å². The van der Waals surface area contributed by atoms with Crippen LogP contribution in [0.1, 0.15) is 58.6 Å². The minimum Gasteiger partial charge on any atom is -0.444 e. The Morgan fingerprint density at radius 1 is 1.39 bits per heavy atom. The molecule has 5 heteroatoms. The molecule has 1 aliphatic heterocycles. The van der Waals surface area contributed by atoms with Gasteiger partial charge in [0.15, 0.2) is 0 Å². The average molecular weight is 319 g/mol. The second kappa shape index (κ2) is 7.77. The van der Waals surface area contributed by atoms with Crippen molar-refractivity contribution in [3.05, 3.63) is 30.1 Å². The quantitative estimate of drug-likeness (QED) is 0.922. The van der Waals surface area contributed by atoms with Gasteiger partial charge in [-0.25, -0.2) is 4.79 Å². The smallest absolute Gasteiger partial charge is 0.410 e. The SMILES string of the molecule is C[C@H](NCC1CCCCN1C(=O)OC(C)(C)C)c1ccncc1. The van der Waals surface area contributed by atoms with E-state index < -0.39 is 5.60 Å². The van der Waals surface area contributed by atoms with Gasteiger partial charge < -0.3 is 15.0 Å². The van der Waals surface area contributed by atoms with E-state index in [1.54, 1.807) is 12.4 Å². The van der Waals surface area contributed by atoms with Crippen molar-refractivity contribution >= 4 is 6.09 Å². The van der Waals surface area contributed by atoms with Gasteiger partial charge in [0.2, 0.25) is 0 Å². The standard InChI is InChI=1S/C18H29N3O2/c1-14(15-8-10-19-11-9-15)20-13-16-7-5-6-12-21(16)17(22)23-18(2,3)4/h8-11,14,16,20H,5-7,12-13H2,1-4H3/t14-,16?/m0/s1. The first-order valence-electron chi connectivity index (χ1n) is 8.50. The third-order valence-electron chi connectivity index (χ3n) is 4.12. The zero-order valence-corrected chi connectivity index (χ0v) is 14.7. The molecule has 1 aromatic heterocycles. The Morgan fingerprint density at radius 3 is 2.74 bits per heavy atom. The number of carbonyl (C=O) groups excluding carboxylic acids is 1. The summed E-state index contributed by atoms with van der Waals surface area (Å²) in [5, 5.41) is 3.54. The molecule has 5 nitrogen and oxygen atoms in total. The minimum absolute atomic E-state index is 0.194. The molecule has 2 heterocycles. The Hall–Kier alpha value is -1.62. The molecule has 1 saturated heterocycles. The van der Waals surface area contributed by atoms with Crippen LogP contribution in [0.5, 0.6) is 0 Å². The van der Waals surface area contributed by atoms with Gasteiger partial charge in [0.1, 0.15) is 5.60 Å². The third-order valence-corrected chi connectivity index (χ3v) is 4.12. The van der Waals surface area contributed by atoms with Crippen molar-refractivity contribution in [3.63, 3.8) is 0 Å². The van der Waals surface area contributed by atoms with E-state index in [9.17, 15) is 4.79 Å². The molecule has 2 rings (SSSR count). The summed E-state index contributed by atoms with van der Waals surface area (Å²) in [4.78, 5) is 18.3. The molecule has 128 valence electrons. The normalized spacial score (nSPS) is 20.2. The van der Waals surface area contributed by atoms with E-state index in [1.165, 1.54) is 5.56 Å². The largest absolute Gasteiger partial charge is 0.444 e. The Kier molecular flexibility index (Phi) is 5.99. The third kappa shape index (κ3) is 5.50. The fraction of sp³-hybridized carbons (Fsp3) is 0.667. The minimum atomic E-state index is -0.448. The van der Waals surface area contributed by atoms with Crippen LogP contribution in [-0.4, -0.2) is 40.7 Å². The molecule has 1 unspecified atom stereocenters. The zero-order valence-electron chi connectivity index (χ0n) is 14.7. The maximum Gasteiger partial charge on any atom is 0.410 e. The molecule has 0 aromatic carbocycles. The maximum atomic E-state index is 12.4. The number of ether oxygens (including phenoxy) is 1. The molecule has 0 saturated carbocycles. The van der Waals surface area contributed by atoms with Crippen LogP contribution in [0.4, 0.5) is 4.79 Å². The van der Waals surface area contributed by atoms with Crippen molar-refractivity contribution < 1.29 is 9.53 Å². The number of nitrogens with zero attached hydrogens (tertiary/aromatic N) is 2. The molecule has 1 amide bonds. The van der Waals surface area contributed by atoms with Crippen molar-refractivity contribution in [2.24, 2.45) is 0 Å². The van der Waals surface area contributed by atoms with Gasteiger partial charge in [0, 0.05) is 37.6 Å². The van der Waals surface area contributed by atoms with Crippen LogP contribution in [0.15, 0.2) is 24.5 Å². The first-order valence-corrected chi connectivity index (χ1v) is 8.50. The van der Waals surface area contributed by atoms with Crippen LogP contribution in [0.25, 0.3) is 0 Å². The second-order valence-electron chi connectivity index (χ2n) is 7.23. The van der Waals surface area contributed by atoms with Crippen molar-refractivity contribution in [2.75, 3.05) is 13.1 Å². The van der Waals surface area contributed by atoms with Crippen molar-refractivity contribution in [3.8, 4) is 0 Å². The van der Waals surface area contributed by atoms with Gasteiger partial charge >= 0.3 is 6.09 Å². The van der Waals surface area contributed by atoms with Gasteiger partial charge in [-0.3, -0.25) is 4.98 Å². The fourth-order valence-electron chi connectivity index (χ4n) is 2.86. The van der Waals surface area contributed by atoms with Crippen LogP contribution in [0.3, 0.4) is 0 Å². The summed E-state index contributed by atoms with van der Waals surface area (Å²) in [6.07, 6.45) is 6.66. The lowest BCUT2D eigenvalue weighted by atomic mass is 10.0. The van der Waals surface area contributed by atoms with E-state index in [4.69, 9.17) is 4.74 Å². The van der Waals surface area contributed by atoms with Gasteiger partial charge in [-0.2, -0.15) is 0 Å². The second-order valence-corrected chi connectivity index (χ2v) is 7.23. The number of hydrogen-bond acceptors (Lipinski definition) is 4. The zero-order chi connectivity index (χ0) is 16.9. The Morgan fingerprint density at radius 2 is 2.09 bits per heavy atom. The Balaban J connectivity index is 1.92. The van der Waals surface area contributed by atoms with Crippen molar-refractivity contribution in [1.82, 2.24) is 15.2 Å². The lowest BCUT2D eigenvalue weighted by molar-refractivity contribution is 0.00970. The van der Waals surface area contributed by atoms with Gasteiger partial charge in [-0.05, 0) is 64.7 Å².